The van der Waals surface area contributed by atoms with E-state index in [1.165, 1.54) is 43.5 Å². The summed E-state index contributed by atoms with van der Waals surface area (Å²) in [6.07, 6.45) is 3.70. The molecule has 1 aliphatic carbocycles. The maximum absolute atomic E-state index is 13.7. The van der Waals surface area contributed by atoms with Crippen LogP contribution in [0.3, 0.4) is 0 Å². The van der Waals surface area contributed by atoms with Crippen molar-refractivity contribution in [2.24, 2.45) is 5.92 Å². The predicted molar refractivity (Wildman–Crippen MR) is 86.6 cm³/mol. The molecule has 1 N–H and O–H groups in total. The van der Waals surface area contributed by atoms with Crippen molar-refractivity contribution in [2.75, 3.05) is 13.2 Å². The first-order valence-corrected chi connectivity index (χ1v) is 8.29. The van der Waals surface area contributed by atoms with Crippen LogP contribution in [0, 0.1) is 11.7 Å². The highest BCUT2D eigenvalue weighted by atomic mass is 19.4. The summed E-state index contributed by atoms with van der Waals surface area (Å²) in [5.41, 5.74) is 0.458. The predicted octanol–water partition coefficient (Wildman–Crippen LogP) is 4.48. The molecule has 25 heavy (non-hydrogen) atoms. The first kappa shape index (κ1) is 19.3. The van der Waals surface area contributed by atoms with Gasteiger partial charge in [-0.15, -0.1) is 0 Å². The van der Waals surface area contributed by atoms with E-state index in [-0.39, 0.29) is 6.54 Å². The monoisotopic (exact) mass is 359 g/mol. The van der Waals surface area contributed by atoms with Crippen molar-refractivity contribution in [1.29, 1.82) is 0 Å². The summed E-state index contributed by atoms with van der Waals surface area (Å²) in [4.78, 5) is 10.7. The van der Waals surface area contributed by atoms with Crippen LogP contribution in [0.1, 0.15) is 37.7 Å². The van der Waals surface area contributed by atoms with Gasteiger partial charge in [0.15, 0.2) is 0 Å². The second kappa shape index (κ2) is 8.87. The summed E-state index contributed by atoms with van der Waals surface area (Å²) in [5.74, 6) is -1.62. The molecule has 1 aromatic rings. The van der Waals surface area contributed by atoms with Crippen LogP contribution in [0.4, 0.5) is 17.6 Å². The van der Waals surface area contributed by atoms with Crippen molar-refractivity contribution in [3.8, 4) is 5.75 Å². The van der Waals surface area contributed by atoms with Crippen LogP contribution in [0.25, 0.3) is 6.08 Å². The van der Waals surface area contributed by atoms with Crippen molar-refractivity contribution in [1.82, 2.24) is 5.32 Å². The fraction of sp³-hybridized carbons (Fsp3) is 0.500. The van der Waals surface area contributed by atoms with Crippen molar-refractivity contribution < 1.29 is 27.1 Å². The summed E-state index contributed by atoms with van der Waals surface area (Å²) in [6, 6.07) is 4.15. The molecule has 3 nitrogen and oxygen atoms in total. The van der Waals surface area contributed by atoms with E-state index in [1.54, 1.807) is 11.4 Å². The maximum Gasteiger partial charge on any atom is 0.471 e. The average molecular weight is 359 g/mol. The molecule has 0 aliphatic heterocycles. The number of carbonyl (C=O) groups excluding carboxylic acids is 1. The molecule has 0 aromatic heterocycles. The normalized spacial score (nSPS) is 16.2. The molecule has 1 fully saturated rings. The van der Waals surface area contributed by atoms with Gasteiger partial charge in [0.2, 0.25) is 0 Å². The summed E-state index contributed by atoms with van der Waals surface area (Å²) >= 11 is 0. The van der Waals surface area contributed by atoms with Gasteiger partial charge in [-0.05, 0) is 36.5 Å². The topological polar surface area (TPSA) is 38.3 Å². The van der Waals surface area contributed by atoms with Crippen molar-refractivity contribution in [2.45, 2.75) is 38.3 Å². The molecule has 0 saturated heterocycles. The maximum atomic E-state index is 13.7. The highest BCUT2D eigenvalue weighted by Gasteiger charge is 2.37. The summed E-state index contributed by atoms with van der Waals surface area (Å²) < 4.78 is 55.4. The number of alkyl halides is 3. The number of ether oxygens (including phenoxy) is 1. The van der Waals surface area contributed by atoms with E-state index in [4.69, 9.17) is 4.74 Å². The highest BCUT2D eigenvalue weighted by molar-refractivity contribution is 5.81. The average Bonchev–Trinajstić information content (AvgIpc) is 2.56. The van der Waals surface area contributed by atoms with Crippen molar-refractivity contribution in [3.63, 3.8) is 0 Å². The zero-order chi connectivity index (χ0) is 18.3. The Labute approximate surface area is 144 Å². The fourth-order valence-corrected chi connectivity index (χ4v) is 2.78. The van der Waals surface area contributed by atoms with Crippen molar-refractivity contribution >= 4 is 12.0 Å². The van der Waals surface area contributed by atoms with Gasteiger partial charge >= 0.3 is 12.1 Å². The van der Waals surface area contributed by atoms with Gasteiger partial charge in [-0.1, -0.05) is 31.4 Å². The zero-order valence-corrected chi connectivity index (χ0v) is 13.7. The highest BCUT2D eigenvalue weighted by Crippen LogP contribution is 2.25. The molecule has 7 heteroatoms. The lowest BCUT2D eigenvalue weighted by atomic mass is 9.90. The summed E-state index contributed by atoms with van der Waals surface area (Å²) in [7, 11) is 0. The van der Waals surface area contributed by atoms with E-state index >= 15 is 0 Å². The van der Waals surface area contributed by atoms with E-state index < -0.39 is 17.9 Å². The molecule has 2 rings (SSSR count). The fourth-order valence-electron chi connectivity index (χ4n) is 2.78. The van der Waals surface area contributed by atoms with Gasteiger partial charge in [-0.2, -0.15) is 13.2 Å². The number of benzene rings is 1. The third-order valence-electron chi connectivity index (χ3n) is 4.05. The second-order valence-corrected chi connectivity index (χ2v) is 6.15. The number of hydrogen-bond donors (Lipinski definition) is 1. The Kier molecular flexibility index (Phi) is 6.84. The molecule has 0 bridgehead atoms. The Morgan fingerprint density at radius 2 is 1.92 bits per heavy atom. The summed E-state index contributed by atoms with van der Waals surface area (Å²) in [5, 5.41) is 1.71. The summed E-state index contributed by atoms with van der Waals surface area (Å²) in [6.45, 7) is 0.237. The smallest absolute Gasteiger partial charge is 0.471 e. The number of nitrogens with one attached hydrogen (secondary N) is 1. The minimum Gasteiger partial charge on any atom is -0.493 e. The van der Waals surface area contributed by atoms with Gasteiger partial charge < -0.3 is 10.1 Å². The third-order valence-corrected chi connectivity index (χ3v) is 4.05. The molecule has 0 radical (unpaired) electrons. The first-order chi connectivity index (χ1) is 11.8. The molecule has 1 aliphatic rings. The van der Waals surface area contributed by atoms with Crippen LogP contribution in [-0.4, -0.2) is 25.2 Å². The van der Waals surface area contributed by atoms with E-state index in [0.717, 1.165) is 12.8 Å². The largest absolute Gasteiger partial charge is 0.493 e. The van der Waals surface area contributed by atoms with Gasteiger partial charge in [-0.25, -0.2) is 4.39 Å². The number of rotatable bonds is 6. The van der Waals surface area contributed by atoms with Crippen molar-refractivity contribution in [3.05, 3.63) is 35.7 Å². The number of hydrogen-bond acceptors (Lipinski definition) is 2. The van der Waals surface area contributed by atoms with Crippen LogP contribution >= 0.6 is 0 Å². The number of amides is 1. The number of halogens is 4. The van der Waals surface area contributed by atoms with Gasteiger partial charge in [0, 0.05) is 12.6 Å². The lowest BCUT2D eigenvalue weighted by Gasteiger charge is -2.21. The van der Waals surface area contributed by atoms with Crippen LogP contribution in [0.15, 0.2) is 24.3 Å². The van der Waals surface area contributed by atoms with E-state index in [9.17, 15) is 22.4 Å². The minimum absolute atomic E-state index is 0.298. The van der Waals surface area contributed by atoms with Gasteiger partial charge in [0.05, 0.1) is 6.61 Å². The Balaban J connectivity index is 1.87. The molecule has 138 valence electrons. The van der Waals surface area contributed by atoms with Gasteiger partial charge in [-0.3, -0.25) is 4.79 Å². The lowest BCUT2D eigenvalue weighted by molar-refractivity contribution is -0.173. The molecular formula is C18H21F4NO2. The Morgan fingerprint density at radius 3 is 2.60 bits per heavy atom. The third kappa shape index (κ3) is 6.76. The first-order valence-electron chi connectivity index (χ1n) is 8.29. The van der Waals surface area contributed by atoms with E-state index in [2.05, 4.69) is 0 Å². The van der Waals surface area contributed by atoms with Gasteiger partial charge in [0.25, 0.3) is 0 Å². The van der Waals surface area contributed by atoms with E-state index in [0.29, 0.717) is 23.8 Å². The van der Waals surface area contributed by atoms with Gasteiger partial charge in [0.1, 0.15) is 11.6 Å². The lowest BCUT2D eigenvalue weighted by Crippen LogP contribution is -2.36. The molecule has 0 spiro atoms. The molecule has 0 unspecified atom stereocenters. The number of carbonyl (C=O) groups is 1. The minimum atomic E-state index is -4.91. The second-order valence-electron chi connectivity index (χ2n) is 6.15. The molecule has 0 heterocycles. The Morgan fingerprint density at radius 1 is 1.20 bits per heavy atom. The quantitative estimate of drug-likeness (QED) is 0.761. The standard InChI is InChI=1S/C18H21F4NO2/c19-15-9-14(7-4-8-23-17(24)18(20,21)22)10-16(11-15)25-12-13-5-2-1-3-6-13/h4,7,9-11,13H,1-3,5-6,8,12H2,(H,23,24)/b7-4+. The van der Waals surface area contributed by atoms with Crippen LogP contribution in [0.5, 0.6) is 5.75 Å². The van der Waals surface area contributed by atoms with Crippen LogP contribution in [0.2, 0.25) is 0 Å². The molecule has 1 aromatic carbocycles. The van der Waals surface area contributed by atoms with Crippen LogP contribution < -0.4 is 10.1 Å². The zero-order valence-electron chi connectivity index (χ0n) is 13.7. The van der Waals surface area contributed by atoms with E-state index in [1.807, 2.05) is 0 Å². The molecule has 0 atom stereocenters. The SMILES string of the molecule is O=C(NC/C=C/c1cc(F)cc(OCC2CCCCC2)c1)C(F)(F)F. The Hall–Kier alpha value is -2.05. The molecular weight excluding hydrogens is 338 g/mol. The molecule has 1 saturated carbocycles. The Bertz CT molecular complexity index is 608. The molecule has 1 amide bonds. The van der Waals surface area contributed by atoms with Crippen LogP contribution in [-0.2, 0) is 4.79 Å².